The Morgan fingerprint density at radius 2 is 2.31 bits per heavy atom. The van der Waals surface area contributed by atoms with Crippen LogP contribution in [0.3, 0.4) is 0 Å². The van der Waals surface area contributed by atoms with Gasteiger partial charge in [0.15, 0.2) is 0 Å². The van der Waals surface area contributed by atoms with Crippen molar-refractivity contribution >= 4 is 0 Å². The molecule has 0 amide bonds. The van der Waals surface area contributed by atoms with E-state index in [-0.39, 0.29) is 12.1 Å². The van der Waals surface area contributed by atoms with Gasteiger partial charge in [-0.25, -0.2) is 0 Å². The molecule has 2 fully saturated rings. The molecule has 1 saturated carbocycles. The number of nitrogens with zero attached hydrogens (tertiary/aromatic N) is 1. The average Bonchev–Trinajstić information content (AvgIpc) is 2.88. The molecule has 1 saturated heterocycles. The molecule has 0 aromatic rings. The van der Waals surface area contributed by atoms with E-state index in [1.54, 1.807) is 0 Å². The fraction of sp³-hybridized carbons (Fsp3) is 1.00. The van der Waals surface area contributed by atoms with Crippen LogP contribution in [0.5, 0.6) is 0 Å². The van der Waals surface area contributed by atoms with Crippen LogP contribution in [-0.2, 0) is 4.74 Å². The fourth-order valence-corrected chi connectivity index (χ4v) is 2.91. The molecule has 0 aromatic carbocycles. The molecule has 94 valence electrons. The number of aliphatic hydroxyl groups is 1. The maximum Gasteiger partial charge on any atom is 0.0702 e. The van der Waals surface area contributed by atoms with Crippen molar-refractivity contribution in [3.05, 3.63) is 0 Å². The van der Waals surface area contributed by atoms with Gasteiger partial charge in [-0.05, 0) is 39.2 Å². The lowest BCUT2D eigenvalue weighted by Gasteiger charge is -2.28. The van der Waals surface area contributed by atoms with Crippen LogP contribution >= 0.6 is 0 Å². The summed E-state index contributed by atoms with van der Waals surface area (Å²) in [5, 5.41) is 9.24. The SMILES string of the molecule is CN(CC1CCCO1)C1CCC(N)(CO)C1. The van der Waals surface area contributed by atoms with E-state index in [4.69, 9.17) is 10.5 Å². The molecular weight excluding hydrogens is 204 g/mol. The summed E-state index contributed by atoms with van der Waals surface area (Å²) in [7, 11) is 2.15. The van der Waals surface area contributed by atoms with Crippen LogP contribution < -0.4 is 5.73 Å². The van der Waals surface area contributed by atoms with Crippen LogP contribution in [0.25, 0.3) is 0 Å². The molecule has 1 aliphatic carbocycles. The molecule has 3 atom stereocenters. The summed E-state index contributed by atoms with van der Waals surface area (Å²) in [5.74, 6) is 0. The van der Waals surface area contributed by atoms with Gasteiger partial charge in [0.05, 0.1) is 12.7 Å². The van der Waals surface area contributed by atoms with E-state index < -0.39 is 0 Å². The Morgan fingerprint density at radius 3 is 2.88 bits per heavy atom. The Morgan fingerprint density at radius 1 is 1.50 bits per heavy atom. The third kappa shape index (κ3) is 2.74. The van der Waals surface area contributed by atoms with Gasteiger partial charge in [-0.15, -0.1) is 0 Å². The highest BCUT2D eigenvalue weighted by atomic mass is 16.5. The van der Waals surface area contributed by atoms with Crippen molar-refractivity contribution in [2.45, 2.75) is 49.8 Å². The van der Waals surface area contributed by atoms with Crippen molar-refractivity contribution in [3.8, 4) is 0 Å². The van der Waals surface area contributed by atoms with Crippen LogP contribution in [0.1, 0.15) is 32.1 Å². The lowest BCUT2D eigenvalue weighted by atomic mass is 10.0. The lowest BCUT2D eigenvalue weighted by Crippen LogP contribution is -2.44. The Bertz CT molecular complexity index is 231. The summed E-state index contributed by atoms with van der Waals surface area (Å²) in [6.45, 7) is 2.03. The second-order valence-electron chi connectivity index (χ2n) is 5.49. The number of nitrogens with two attached hydrogens (primary N) is 1. The minimum Gasteiger partial charge on any atom is -0.394 e. The van der Waals surface area contributed by atoms with Gasteiger partial charge in [0.1, 0.15) is 0 Å². The van der Waals surface area contributed by atoms with Gasteiger partial charge in [-0.2, -0.15) is 0 Å². The number of hydrogen-bond acceptors (Lipinski definition) is 4. The zero-order valence-electron chi connectivity index (χ0n) is 10.2. The van der Waals surface area contributed by atoms with E-state index in [1.807, 2.05) is 0 Å². The minimum absolute atomic E-state index is 0.108. The number of hydrogen-bond donors (Lipinski definition) is 2. The maximum absolute atomic E-state index is 9.24. The smallest absolute Gasteiger partial charge is 0.0702 e. The quantitative estimate of drug-likeness (QED) is 0.728. The van der Waals surface area contributed by atoms with E-state index in [9.17, 15) is 5.11 Å². The van der Waals surface area contributed by atoms with E-state index in [0.717, 1.165) is 32.4 Å². The van der Waals surface area contributed by atoms with E-state index in [2.05, 4.69) is 11.9 Å². The number of likely N-dealkylation sites (N-methyl/N-ethyl adjacent to an activating group) is 1. The highest BCUT2D eigenvalue weighted by molar-refractivity contribution is 4.96. The molecule has 0 radical (unpaired) electrons. The largest absolute Gasteiger partial charge is 0.394 e. The Hall–Kier alpha value is -0.160. The molecule has 16 heavy (non-hydrogen) atoms. The van der Waals surface area contributed by atoms with Gasteiger partial charge in [-0.1, -0.05) is 0 Å². The summed E-state index contributed by atoms with van der Waals surface area (Å²) < 4.78 is 5.64. The van der Waals surface area contributed by atoms with Gasteiger partial charge in [-0.3, -0.25) is 0 Å². The van der Waals surface area contributed by atoms with Crippen LogP contribution in [0.2, 0.25) is 0 Å². The predicted molar refractivity (Wildman–Crippen MR) is 63.2 cm³/mol. The van der Waals surface area contributed by atoms with Gasteiger partial charge >= 0.3 is 0 Å². The molecule has 0 spiro atoms. The third-order valence-corrected chi connectivity index (χ3v) is 4.07. The number of ether oxygens (including phenoxy) is 1. The fourth-order valence-electron chi connectivity index (χ4n) is 2.91. The number of rotatable bonds is 4. The van der Waals surface area contributed by atoms with E-state index >= 15 is 0 Å². The van der Waals surface area contributed by atoms with Crippen molar-refractivity contribution in [1.29, 1.82) is 0 Å². The standard InChI is InChI=1S/C12H24N2O2/c1-14(8-11-3-2-6-16-11)10-4-5-12(13,7-10)9-15/h10-11,15H,2-9,13H2,1H3. The molecule has 3 N–H and O–H groups in total. The van der Waals surface area contributed by atoms with Gasteiger partial charge < -0.3 is 20.5 Å². The molecule has 2 aliphatic rings. The van der Waals surface area contributed by atoms with Crippen molar-refractivity contribution < 1.29 is 9.84 Å². The van der Waals surface area contributed by atoms with Gasteiger partial charge in [0, 0.05) is 24.7 Å². The second kappa shape index (κ2) is 5.00. The first-order valence-corrected chi connectivity index (χ1v) is 6.34. The first kappa shape index (κ1) is 12.3. The molecule has 0 aromatic heterocycles. The second-order valence-corrected chi connectivity index (χ2v) is 5.49. The first-order chi connectivity index (χ1) is 7.63. The molecule has 3 unspecified atom stereocenters. The topological polar surface area (TPSA) is 58.7 Å². The molecular formula is C12H24N2O2. The Balaban J connectivity index is 1.79. The van der Waals surface area contributed by atoms with Crippen molar-refractivity contribution in [2.75, 3.05) is 26.8 Å². The zero-order valence-corrected chi connectivity index (χ0v) is 10.2. The molecule has 4 nitrogen and oxygen atoms in total. The van der Waals surface area contributed by atoms with Crippen molar-refractivity contribution in [3.63, 3.8) is 0 Å². The van der Waals surface area contributed by atoms with Crippen LogP contribution in [0.15, 0.2) is 0 Å². The summed E-state index contributed by atoms with van der Waals surface area (Å²) in [5.41, 5.74) is 5.75. The molecule has 4 heteroatoms. The molecule has 2 rings (SSSR count). The Kier molecular flexibility index (Phi) is 3.85. The summed E-state index contributed by atoms with van der Waals surface area (Å²) >= 11 is 0. The maximum atomic E-state index is 9.24. The van der Waals surface area contributed by atoms with Crippen LogP contribution in [-0.4, -0.2) is 54.5 Å². The highest BCUT2D eigenvalue weighted by Gasteiger charge is 2.37. The average molecular weight is 228 g/mol. The first-order valence-electron chi connectivity index (χ1n) is 6.34. The summed E-state index contributed by atoms with van der Waals surface area (Å²) in [6, 6.07) is 0.515. The van der Waals surface area contributed by atoms with Crippen molar-refractivity contribution in [2.24, 2.45) is 5.73 Å². The molecule has 1 aliphatic heterocycles. The molecule has 1 heterocycles. The van der Waals surface area contributed by atoms with Crippen LogP contribution in [0, 0.1) is 0 Å². The minimum atomic E-state index is -0.338. The van der Waals surface area contributed by atoms with Crippen LogP contribution in [0.4, 0.5) is 0 Å². The Labute approximate surface area is 97.7 Å². The number of aliphatic hydroxyl groups excluding tert-OH is 1. The summed E-state index contributed by atoms with van der Waals surface area (Å²) in [6.07, 6.45) is 5.73. The summed E-state index contributed by atoms with van der Waals surface area (Å²) in [4.78, 5) is 2.36. The highest BCUT2D eigenvalue weighted by Crippen LogP contribution is 2.30. The monoisotopic (exact) mass is 228 g/mol. The van der Waals surface area contributed by atoms with Gasteiger partial charge in [0.2, 0.25) is 0 Å². The molecule has 0 bridgehead atoms. The van der Waals surface area contributed by atoms with Crippen molar-refractivity contribution in [1.82, 2.24) is 4.90 Å². The van der Waals surface area contributed by atoms with E-state index in [0.29, 0.717) is 12.1 Å². The van der Waals surface area contributed by atoms with Gasteiger partial charge in [0.25, 0.3) is 0 Å². The normalized spacial score (nSPS) is 39.8. The lowest BCUT2D eigenvalue weighted by molar-refractivity contribution is 0.0669. The zero-order chi connectivity index (χ0) is 11.6. The van der Waals surface area contributed by atoms with E-state index in [1.165, 1.54) is 12.8 Å². The third-order valence-electron chi connectivity index (χ3n) is 4.07. The predicted octanol–water partition coefficient (Wildman–Crippen LogP) is 0.340.